The van der Waals surface area contributed by atoms with E-state index in [1.165, 1.54) is 0 Å². The Labute approximate surface area is 78.6 Å². The number of rotatable bonds is 5. The highest BCUT2D eigenvalue weighted by Gasteiger charge is 2.15. The van der Waals surface area contributed by atoms with Gasteiger partial charge >= 0.3 is 0 Å². The van der Waals surface area contributed by atoms with Gasteiger partial charge in [-0.2, -0.15) is 0 Å². The van der Waals surface area contributed by atoms with Gasteiger partial charge in [0.15, 0.2) is 0 Å². The molecule has 0 aromatic rings. The summed E-state index contributed by atoms with van der Waals surface area (Å²) in [4.78, 5) is 0. The molecule has 1 nitrogen and oxygen atoms in total. The molecule has 0 aromatic heterocycles. The number of hydrogen-bond acceptors (Lipinski definition) is 1. The van der Waals surface area contributed by atoms with Crippen LogP contribution in [-0.2, 0) is 4.74 Å². The van der Waals surface area contributed by atoms with Crippen molar-refractivity contribution in [1.29, 1.82) is 0 Å². The molecule has 0 saturated heterocycles. The van der Waals surface area contributed by atoms with Crippen LogP contribution in [0.3, 0.4) is 0 Å². The summed E-state index contributed by atoms with van der Waals surface area (Å²) in [6, 6.07) is 0. The second-order valence-electron chi connectivity index (χ2n) is 4.21. The summed E-state index contributed by atoms with van der Waals surface area (Å²) in [5.74, 6) is 0.640. The molecule has 0 aliphatic rings. The van der Waals surface area contributed by atoms with Crippen molar-refractivity contribution in [1.82, 2.24) is 0 Å². The predicted molar refractivity (Wildman–Crippen MR) is 53.2 cm³/mol. The standard InChI is InChI=1S/C9H19BrO/c1-8(2)5-11-7-9(3,4)6-10/h8H,5-7H2,1-4H3. The van der Waals surface area contributed by atoms with E-state index in [-0.39, 0.29) is 5.41 Å². The lowest BCUT2D eigenvalue weighted by Gasteiger charge is -2.21. The molecule has 0 aliphatic carbocycles. The van der Waals surface area contributed by atoms with Crippen LogP contribution < -0.4 is 0 Å². The molecule has 68 valence electrons. The van der Waals surface area contributed by atoms with E-state index in [2.05, 4.69) is 43.6 Å². The Balaban J connectivity index is 3.38. The van der Waals surface area contributed by atoms with E-state index >= 15 is 0 Å². The number of alkyl halides is 1. The van der Waals surface area contributed by atoms with E-state index in [1.54, 1.807) is 0 Å². The molecular formula is C9H19BrO. The van der Waals surface area contributed by atoms with Crippen molar-refractivity contribution >= 4 is 15.9 Å². The fraction of sp³-hybridized carbons (Fsp3) is 1.00. The third-order valence-corrected chi connectivity index (χ3v) is 2.82. The Kier molecular flexibility index (Phi) is 5.36. The summed E-state index contributed by atoms with van der Waals surface area (Å²) in [6.45, 7) is 10.4. The molecule has 0 unspecified atom stereocenters. The van der Waals surface area contributed by atoms with Crippen molar-refractivity contribution < 1.29 is 4.74 Å². The molecule has 0 saturated carbocycles. The molecule has 0 heterocycles. The van der Waals surface area contributed by atoms with Gasteiger partial charge in [-0.25, -0.2) is 0 Å². The van der Waals surface area contributed by atoms with Crippen molar-refractivity contribution in [2.24, 2.45) is 11.3 Å². The van der Waals surface area contributed by atoms with Crippen LogP contribution in [0.2, 0.25) is 0 Å². The Morgan fingerprint density at radius 3 is 2.27 bits per heavy atom. The van der Waals surface area contributed by atoms with E-state index in [0.29, 0.717) is 5.92 Å². The van der Waals surface area contributed by atoms with Gasteiger partial charge in [0.05, 0.1) is 6.61 Å². The van der Waals surface area contributed by atoms with Crippen molar-refractivity contribution in [3.63, 3.8) is 0 Å². The summed E-state index contributed by atoms with van der Waals surface area (Å²) >= 11 is 3.46. The van der Waals surface area contributed by atoms with Crippen LogP contribution in [0.25, 0.3) is 0 Å². The molecule has 0 bridgehead atoms. The number of hydrogen-bond donors (Lipinski definition) is 0. The van der Waals surface area contributed by atoms with Crippen molar-refractivity contribution in [3.05, 3.63) is 0 Å². The van der Waals surface area contributed by atoms with E-state index in [4.69, 9.17) is 4.74 Å². The third-order valence-electron chi connectivity index (χ3n) is 1.31. The minimum Gasteiger partial charge on any atom is -0.381 e. The summed E-state index contributed by atoms with van der Waals surface area (Å²) < 4.78 is 5.52. The zero-order chi connectivity index (χ0) is 8.91. The van der Waals surface area contributed by atoms with E-state index in [9.17, 15) is 0 Å². The van der Waals surface area contributed by atoms with Crippen LogP contribution in [0.5, 0.6) is 0 Å². The number of halogens is 1. The van der Waals surface area contributed by atoms with E-state index in [0.717, 1.165) is 18.5 Å². The maximum atomic E-state index is 5.52. The van der Waals surface area contributed by atoms with Gasteiger partial charge in [-0.05, 0) is 11.3 Å². The Morgan fingerprint density at radius 1 is 1.36 bits per heavy atom. The lowest BCUT2D eigenvalue weighted by molar-refractivity contribution is 0.0570. The highest BCUT2D eigenvalue weighted by atomic mass is 79.9. The Hall–Kier alpha value is 0.440. The van der Waals surface area contributed by atoms with Crippen LogP contribution >= 0.6 is 15.9 Å². The molecule has 0 spiro atoms. The molecule has 0 fully saturated rings. The Bertz CT molecular complexity index is 99.7. The van der Waals surface area contributed by atoms with Gasteiger partial charge in [0.2, 0.25) is 0 Å². The number of ether oxygens (including phenoxy) is 1. The third kappa shape index (κ3) is 6.82. The summed E-state index contributed by atoms with van der Waals surface area (Å²) in [7, 11) is 0. The molecule has 0 N–H and O–H groups in total. The molecular weight excluding hydrogens is 204 g/mol. The topological polar surface area (TPSA) is 9.23 Å². The largest absolute Gasteiger partial charge is 0.381 e. The maximum Gasteiger partial charge on any atom is 0.0525 e. The summed E-state index contributed by atoms with van der Waals surface area (Å²) in [5, 5.41) is 0.998. The van der Waals surface area contributed by atoms with Crippen molar-refractivity contribution in [2.75, 3.05) is 18.5 Å². The first-order valence-electron chi connectivity index (χ1n) is 4.11. The minimum atomic E-state index is 0.273. The molecule has 0 aromatic carbocycles. The fourth-order valence-corrected chi connectivity index (χ4v) is 0.771. The molecule has 11 heavy (non-hydrogen) atoms. The van der Waals surface area contributed by atoms with Gasteiger partial charge in [0.1, 0.15) is 0 Å². The first-order valence-corrected chi connectivity index (χ1v) is 5.24. The maximum absolute atomic E-state index is 5.52. The normalized spacial score (nSPS) is 12.5. The zero-order valence-corrected chi connectivity index (χ0v) is 9.57. The lowest BCUT2D eigenvalue weighted by atomic mass is 9.98. The molecule has 0 aliphatic heterocycles. The van der Waals surface area contributed by atoms with Crippen LogP contribution in [0.15, 0.2) is 0 Å². The summed E-state index contributed by atoms with van der Waals surface area (Å²) in [6.07, 6.45) is 0. The van der Waals surface area contributed by atoms with E-state index < -0.39 is 0 Å². The van der Waals surface area contributed by atoms with Gasteiger partial charge in [-0.3, -0.25) is 0 Å². The quantitative estimate of drug-likeness (QED) is 0.651. The molecule has 0 rings (SSSR count). The van der Waals surface area contributed by atoms with Gasteiger partial charge in [-0.15, -0.1) is 0 Å². The first-order chi connectivity index (χ1) is 4.98. The Morgan fingerprint density at radius 2 is 1.91 bits per heavy atom. The van der Waals surface area contributed by atoms with Gasteiger partial charge < -0.3 is 4.74 Å². The monoisotopic (exact) mass is 222 g/mol. The van der Waals surface area contributed by atoms with Crippen LogP contribution in [-0.4, -0.2) is 18.5 Å². The second-order valence-corrected chi connectivity index (χ2v) is 4.77. The van der Waals surface area contributed by atoms with Gasteiger partial charge in [0.25, 0.3) is 0 Å². The fourth-order valence-electron chi connectivity index (χ4n) is 0.609. The van der Waals surface area contributed by atoms with Gasteiger partial charge in [-0.1, -0.05) is 43.6 Å². The second kappa shape index (κ2) is 5.15. The molecule has 0 amide bonds. The van der Waals surface area contributed by atoms with E-state index in [1.807, 2.05) is 0 Å². The smallest absolute Gasteiger partial charge is 0.0525 e. The highest BCUT2D eigenvalue weighted by molar-refractivity contribution is 9.09. The molecule has 0 atom stereocenters. The van der Waals surface area contributed by atoms with Gasteiger partial charge in [0, 0.05) is 11.9 Å². The van der Waals surface area contributed by atoms with Crippen LogP contribution in [0.1, 0.15) is 27.7 Å². The highest BCUT2D eigenvalue weighted by Crippen LogP contribution is 2.18. The lowest BCUT2D eigenvalue weighted by Crippen LogP contribution is -2.22. The average Bonchev–Trinajstić information content (AvgIpc) is 1.87. The minimum absolute atomic E-state index is 0.273. The SMILES string of the molecule is CC(C)COCC(C)(C)CBr. The average molecular weight is 223 g/mol. The van der Waals surface area contributed by atoms with Crippen LogP contribution in [0.4, 0.5) is 0 Å². The first kappa shape index (κ1) is 11.4. The molecule has 2 heteroatoms. The zero-order valence-electron chi connectivity index (χ0n) is 7.98. The van der Waals surface area contributed by atoms with Crippen molar-refractivity contribution in [2.45, 2.75) is 27.7 Å². The van der Waals surface area contributed by atoms with Crippen molar-refractivity contribution in [3.8, 4) is 0 Å². The van der Waals surface area contributed by atoms with Crippen LogP contribution in [0, 0.1) is 11.3 Å². The molecule has 0 radical (unpaired) electrons. The predicted octanol–water partition coefficient (Wildman–Crippen LogP) is 3.08. The summed E-state index contributed by atoms with van der Waals surface area (Å²) in [5.41, 5.74) is 0.273.